The first-order valence-corrected chi connectivity index (χ1v) is 7.61. The van der Waals surface area contributed by atoms with Crippen molar-refractivity contribution >= 4 is 6.03 Å². The van der Waals surface area contributed by atoms with E-state index in [4.69, 9.17) is 9.47 Å². The van der Waals surface area contributed by atoms with Crippen LogP contribution < -0.4 is 0 Å². The van der Waals surface area contributed by atoms with E-state index in [0.717, 1.165) is 45.3 Å². The molecule has 0 bridgehead atoms. The van der Waals surface area contributed by atoms with E-state index in [2.05, 4.69) is 0 Å². The van der Waals surface area contributed by atoms with Gasteiger partial charge in [0.15, 0.2) is 5.79 Å². The fourth-order valence-corrected chi connectivity index (χ4v) is 3.35. The molecule has 1 spiro atoms. The van der Waals surface area contributed by atoms with Gasteiger partial charge in [0, 0.05) is 26.1 Å². The van der Waals surface area contributed by atoms with Gasteiger partial charge in [0.1, 0.15) is 0 Å². The molecule has 0 unspecified atom stereocenters. The number of rotatable bonds is 0. The van der Waals surface area contributed by atoms with Gasteiger partial charge >= 0.3 is 6.03 Å². The lowest BCUT2D eigenvalue weighted by Gasteiger charge is -2.40. The van der Waals surface area contributed by atoms with Crippen LogP contribution in [0.1, 0.15) is 38.5 Å². The first-order chi connectivity index (χ1) is 9.29. The van der Waals surface area contributed by atoms with E-state index in [-0.39, 0.29) is 6.03 Å². The Kier molecular flexibility index (Phi) is 3.93. The number of likely N-dealkylation sites (tertiary alicyclic amines) is 2. The van der Waals surface area contributed by atoms with E-state index >= 15 is 0 Å². The second kappa shape index (κ2) is 5.67. The van der Waals surface area contributed by atoms with Crippen LogP contribution in [0.5, 0.6) is 0 Å². The Morgan fingerprint density at radius 3 is 2.16 bits per heavy atom. The summed E-state index contributed by atoms with van der Waals surface area (Å²) >= 11 is 0. The van der Waals surface area contributed by atoms with E-state index < -0.39 is 5.79 Å². The van der Waals surface area contributed by atoms with Crippen LogP contribution in [0.4, 0.5) is 4.79 Å². The molecule has 0 aromatic carbocycles. The van der Waals surface area contributed by atoms with E-state index in [9.17, 15) is 4.79 Å². The molecule has 0 atom stereocenters. The number of ether oxygens (including phenoxy) is 2. The van der Waals surface area contributed by atoms with Crippen molar-refractivity contribution in [2.45, 2.75) is 44.3 Å². The smallest absolute Gasteiger partial charge is 0.320 e. The van der Waals surface area contributed by atoms with Crippen molar-refractivity contribution in [3.05, 3.63) is 0 Å². The molecule has 3 aliphatic heterocycles. The van der Waals surface area contributed by atoms with E-state index in [0.29, 0.717) is 19.8 Å². The van der Waals surface area contributed by atoms with Gasteiger partial charge in [0.2, 0.25) is 0 Å². The van der Waals surface area contributed by atoms with Crippen molar-refractivity contribution in [1.29, 1.82) is 0 Å². The maximum atomic E-state index is 12.6. The Balaban J connectivity index is 1.62. The highest BCUT2D eigenvalue weighted by Gasteiger charge is 2.42. The summed E-state index contributed by atoms with van der Waals surface area (Å²) in [5, 5.41) is 0. The van der Waals surface area contributed by atoms with Crippen molar-refractivity contribution in [3.8, 4) is 0 Å². The summed E-state index contributed by atoms with van der Waals surface area (Å²) in [6.07, 6.45) is 6.66. The first-order valence-electron chi connectivity index (χ1n) is 7.61. The van der Waals surface area contributed by atoms with Crippen LogP contribution in [0, 0.1) is 0 Å². The summed E-state index contributed by atoms with van der Waals surface area (Å²) in [4.78, 5) is 16.5. The summed E-state index contributed by atoms with van der Waals surface area (Å²) in [5.41, 5.74) is 0. The van der Waals surface area contributed by atoms with Gasteiger partial charge < -0.3 is 19.3 Å². The highest BCUT2D eigenvalue weighted by molar-refractivity contribution is 5.74. The maximum Gasteiger partial charge on any atom is 0.320 e. The van der Waals surface area contributed by atoms with Gasteiger partial charge in [0.25, 0.3) is 0 Å². The van der Waals surface area contributed by atoms with Crippen molar-refractivity contribution in [2.75, 3.05) is 39.4 Å². The van der Waals surface area contributed by atoms with E-state index in [1.54, 1.807) is 0 Å². The second-order valence-electron chi connectivity index (χ2n) is 5.82. The summed E-state index contributed by atoms with van der Waals surface area (Å²) in [5.74, 6) is -0.500. The molecule has 3 heterocycles. The van der Waals surface area contributed by atoms with Gasteiger partial charge in [-0.05, 0) is 19.3 Å². The molecular weight excluding hydrogens is 244 g/mol. The zero-order valence-corrected chi connectivity index (χ0v) is 11.6. The van der Waals surface area contributed by atoms with Gasteiger partial charge in [0.05, 0.1) is 19.8 Å². The van der Waals surface area contributed by atoms with Gasteiger partial charge in [-0.2, -0.15) is 0 Å². The highest BCUT2D eigenvalue weighted by Crippen LogP contribution is 2.30. The van der Waals surface area contributed by atoms with Gasteiger partial charge in [-0.3, -0.25) is 0 Å². The Bertz CT molecular complexity index is 321. The average molecular weight is 268 g/mol. The van der Waals surface area contributed by atoms with Crippen LogP contribution in [-0.4, -0.2) is 61.0 Å². The summed E-state index contributed by atoms with van der Waals surface area (Å²) in [7, 11) is 0. The maximum absolute atomic E-state index is 12.6. The molecule has 3 aliphatic rings. The van der Waals surface area contributed by atoms with Crippen LogP contribution in [0.2, 0.25) is 0 Å². The normalized spacial score (nSPS) is 27.6. The van der Waals surface area contributed by atoms with Crippen molar-refractivity contribution in [1.82, 2.24) is 9.80 Å². The molecule has 3 saturated heterocycles. The standard InChI is InChI=1S/C14H24N2O3/c17-13(15-7-3-1-2-4-8-15)16-9-5-6-14(12-16)18-10-11-19-14/h1-12H2. The topological polar surface area (TPSA) is 42.0 Å². The van der Waals surface area contributed by atoms with Gasteiger partial charge in [-0.25, -0.2) is 4.79 Å². The molecule has 3 rings (SSSR count). The van der Waals surface area contributed by atoms with Crippen LogP contribution >= 0.6 is 0 Å². The molecule has 0 radical (unpaired) electrons. The molecule has 2 amide bonds. The minimum Gasteiger partial charge on any atom is -0.346 e. The fourth-order valence-electron chi connectivity index (χ4n) is 3.35. The van der Waals surface area contributed by atoms with Crippen LogP contribution in [0.15, 0.2) is 0 Å². The van der Waals surface area contributed by atoms with E-state index in [1.807, 2.05) is 9.80 Å². The lowest BCUT2D eigenvalue weighted by molar-refractivity contribution is -0.183. The van der Waals surface area contributed by atoms with Gasteiger partial charge in [-0.1, -0.05) is 12.8 Å². The molecular formula is C14H24N2O3. The number of carbonyl (C=O) groups is 1. The average Bonchev–Trinajstić information content (AvgIpc) is 2.72. The number of piperidine rings is 1. The fraction of sp³-hybridized carbons (Fsp3) is 0.929. The zero-order chi connectivity index (χ0) is 13.1. The predicted molar refractivity (Wildman–Crippen MR) is 70.9 cm³/mol. The lowest BCUT2D eigenvalue weighted by Crippen LogP contribution is -2.54. The summed E-state index contributed by atoms with van der Waals surface area (Å²) in [6.45, 7) is 4.57. The Morgan fingerprint density at radius 2 is 1.47 bits per heavy atom. The monoisotopic (exact) mass is 268 g/mol. The number of urea groups is 1. The molecule has 3 fully saturated rings. The minimum atomic E-state index is -0.500. The third-order valence-electron chi connectivity index (χ3n) is 4.38. The minimum absolute atomic E-state index is 0.181. The van der Waals surface area contributed by atoms with Crippen molar-refractivity contribution in [3.63, 3.8) is 0 Å². The van der Waals surface area contributed by atoms with Crippen LogP contribution in [0.3, 0.4) is 0 Å². The second-order valence-corrected chi connectivity index (χ2v) is 5.82. The third kappa shape index (κ3) is 2.87. The summed E-state index contributed by atoms with van der Waals surface area (Å²) < 4.78 is 11.5. The van der Waals surface area contributed by atoms with Crippen molar-refractivity contribution < 1.29 is 14.3 Å². The number of amides is 2. The molecule has 0 aromatic heterocycles. The SMILES string of the molecule is O=C(N1CCCCCC1)N1CCCC2(C1)OCCO2. The quantitative estimate of drug-likeness (QED) is 0.673. The largest absolute Gasteiger partial charge is 0.346 e. The number of hydrogen-bond donors (Lipinski definition) is 0. The molecule has 5 nitrogen and oxygen atoms in total. The van der Waals surface area contributed by atoms with Crippen LogP contribution in [-0.2, 0) is 9.47 Å². The molecule has 0 aromatic rings. The highest BCUT2D eigenvalue weighted by atomic mass is 16.7. The first kappa shape index (κ1) is 13.2. The number of carbonyl (C=O) groups excluding carboxylic acids is 1. The Labute approximate surface area is 114 Å². The summed E-state index contributed by atoms with van der Waals surface area (Å²) in [6, 6.07) is 0.181. The van der Waals surface area contributed by atoms with Gasteiger partial charge in [-0.15, -0.1) is 0 Å². The van der Waals surface area contributed by atoms with E-state index in [1.165, 1.54) is 12.8 Å². The Morgan fingerprint density at radius 1 is 0.842 bits per heavy atom. The molecule has 0 aliphatic carbocycles. The molecule has 5 heteroatoms. The molecule has 108 valence electrons. The predicted octanol–water partition coefficient (Wildman–Crippen LogP) is 1.82. The molecule has 0 N–H and O–H groups in total. The van der Waals surface area contributed by atoms with Crippen molar-refractivity contribution in [2.24, 2.45) is 0 Å². The number of hydrogen-bond acceptors (Lipinski definition) is 3. The van der Waals surface area contributed by atoms with Crippen LogP contribution in [0.25, 0.3) is 0 Å². The zero-order valence-electron chi connectivity index (χ0n) is 11.6. The molecule has 19 heavy (non-hydrogen) atoms. The Hall–Kier alpha value is -0.810. The lowest BCUT2D eigenvalue weighted by atomic mass is 10.1. The third-order valence-corrected chi connectivity index (χ3v) is 4.38. The molecule has 0 saturated carbocycles. The number of nitrogens with zero attached hydrogens (tertiary/aromatic N) is 2.